The van der Waals surface area contributed by atoms with Gasteiger partial charge in [-0.25, -0.2) is 17.6 Å². The van der Waals surface area contributed by atoms with E-state index in [4.69, 9.17) is 9.47 Å². The summed E-state index contributed by atoms with van der Waals surface area (Å²) < 4.78 is 58.7. The molecule has 0 aromatic heterocycles. The van der Waals surface area contributed by atoms with E-state index in [0.29, 0.717) is 7.14 Å². The fraction of sp³-hybridized carbons (Fsp3) is 0.133. The van der Waals surface area contributed by atoms with Crippen molar-refractivity contribution >= 4 is 83.9 Å². The lowest BCUT2D eigenvalue weighted by Crippen LogP contribution is -2.14. The first-order valence-corrected chi connectivity index (χ1v) is 11.4. The van der Waals surface area contributed by atoms with Crippen molar-refractivity contribution in [2.45, 2.75) is 4.90 Å². The van der Waals surface area contributed by atoms with Crippen LogP contribution in [0.3, 0.4) is 0 Å². The third kappa shape index (κ3) is 5.62. The standard InChI is InChI=1S/C15H10FI3O6S/c16-9-3-1-8(2-4-9)15(20)25-6-5-24-13-10(17)7-11(18)14(12(13)19)26(21,22)23/h1-4,7H,5-6H2,(H,21,22,23)/p-1. The molecule has 2 aromatic rings. The molecule has 0 unspecified atom stereocenters. The van der Waals surface area contributed by atoms with Crippen molar-refractivity contribution < 1.29 is 31.6 Å². The Labute approximate surface area is 190 Å². The highest BCUT2D eigenvalue weighted by atomic mass is 127. The zero-order chi connectivity index (χ0) is 19.5. The molecule has 0 radical (unpaired) electrons. The molecule has 26 heavy (non-hydrogen) atoms. The van der Waals surface area contributed by atoms with Crippen molar-refractivity contribution in [3.63, 3.8) is 0 Å². The molecule has 0 heterocycles. The second-order valence-corrected chi connectivity index (χ2v) is 9.48. The van der Waals surface area contributed by atoms with E-state index in [1.807, 2.05) is 22.6 Å². The number of ether oxygens (including phenoxy) is 2. The van der Waals surface area contributed by atoms with Crippen LogP contribution in [0.1, 0.15) is 10.4 Å². The number of benzene rings is 2. The van der Waals surface area contributed by atoms with Crippen molar-refractivity contribution in [1.82, 2.24) is 0 Å². The smallest absolute Gasteiger partial charge is 0.338 e. The predicted molar refractivity (Wildman–Crippen MR) is 115 cm³/mol. The van der Waals surface area contributed by atoms with Gasteiger partial charge in [-0.05, 0) is 98.1 Å². The Morgan fingerprint density at radius 1 is 1.08 bits per heavy atom. The Morgan fingerprint density at radius 3 is 2.27 bits per heavy atom. The molecule has 0 aliphatic rings. The molecule has 0 N–H and O–H groups in total. The van der Waals surface area contributed by atoms with Crippen molar-refractivity contribution in [3.05, 3.63) is 52.4 Å². The summed E-state index contributed by atoms with van der Waals surface area (Å²) in [5, 5.41) is 0. The first-order chi connectivity index (χ1) is 12.1. The summed E-state index contributed by atoms with van der Waals surface area (Å²) in [6, 6.07) is 6.42. The molecular formula is C15H9FI3O6S-. The van der Waals surface area contributed by atoms with Gasteiger partial charge >= 0.3 is 5.97 Å². The molecule has 0 fully saturated rings. The highest BCUT2D eigenvalue weighted by Crippen LogP contribution is 2.35. The van der Waals surface area contributed by atoms with Crippen LogP contribution in [-0.4, -0.2) is 32.2 Å². The van der Waals surface area contributed by atoms with Crippen LogP contribution in [0.4, 0.5) is 4.39 Å². The first-order valence-electron chi connectivity index (χ1n) is 6.80. The molecule has 0 saturated carbocycles. The third-order valence-electron chi connectivity index (χ3n) is 2.98. The zero-order valence-corrected chi connectivity index (χ0v) is 20.0. The van der Waals surface area contributed by atoms with Crippen LogP contribution in [0, 0.1) is 16.5 Å². The Hall–Kier alpha value is -0.260. The fourth-order valence-electron chi connectivity index (χ4n) is 1.86. The Morgan fingerprint density at radius 2 is 1.69 bits per heavy atom. The van der Waals surface area contributed by atoms with E-state index in [-0.39, 0.29) is 33.0 Å². The molecule has 0 spiro atoms. The minimum Gasteiger partial charge on any atom is -0.744 e. The van der Waals surface area contributed by atoms with Crippen LogP contribution in [0.25, 0.3) is 0 Å². The molecule has 2 aromatic carbocycles. The maximum absolute atomic E-state index is 12.8. The van der Waals surface area contributed by atoms with Crippen LogP contribution in [0.2, 0.25) is 0 Å². The normalized spacial score (nSPS) is 11.3. The van der Waals surface area contributed by atoms with Crippen molar-refractivity contribution in [3.8, 4) is 5.75 Å². The average molecular weight is 717 g/mol. The van der Waals surface area contributed by atoms with Gasteiger partial charge in [-0.2, -0.15) is 0 Å². The molecule has 0 bridgehead atoms. The molecule has 0 aliphatic heterocycles. The van der Waals surface area contributed by atoms with E-state index in [0.717, 1.165) is 12.1 Å². The van der Waals surface area contributed by atoms with Gasteiger partial charge in [-0.3, -0.25) is 0 Å². The van der Waals surface area contributed by atoms with Gasteiger partial charge in [0.1, 0.15) is 34.9 Å². The van der Waals surface area contributed by atoms with Crippen molar-refractivity contribution in [2.75, 3.05) is 13.2 Å². The Bertz CT molecular complexity index is 931. The van der Waals surface area contributed by atoms with Gasteiger partial charge in [0.05, 0.1) is 17.6 Å². The molecule has 0 saturated heterocycles. The minimum atomic E-state index is -4.65. The van der Waals surface area contributed by atoms with E-state index in [9.17, 15) is 22.2 Å². The van der Waals surface area contributed by atoms with E-state index in [1.54, 1.807) is 45.2 Å². The van der Waals surface area contributed by atoms with Crippen LogP contribution in [0.5, 0.6) is 5.75 Å². The predicted octanol–water partition coefficient (Wildman–Crippen LogP) is 3.78. The SMILES string of the molecule is O=C(OCCOc1c(I)cc(I)c(S(=O)(=O)[O-])c1I)c1ccc(F)cc1. The monoisotopic (exact) mass is 717 g/mol. The van der Waals surface area contributed by atoms with Crippen LogP contribution < -0.4 is 4.74 Å². The van der Waals surface area contributed by atoms with Crippen LogP contribution >= 0.6 is 67.8 Å². The maximum atomic E-state index is 12.8. The Kier molecular flexibility index (Phi) is 7.87. The summed E-state index contributed by atoms with van der Waals surface area (Å²) in [6.07, 6.45) is 0. The number of carbonyl (C=O) groups is 1. The van der Waals surface area contributed by atoms with Gasteiger partial charge in [0, 0.05) is 3.57 Å². The average Bonchev–Trinajstić information content (AvgIpc) is 2.52. The van der Waals surface area contributed by atoms with Gasteiger partial charge in [-0.15, -0.1) is 0 Å². The molecular weight excluding hydrogens is 708 g/mol. The second kappa shape index (κ2) is 9.29. The summed E-state index contributed by atoms with van der Waals surface area (Å²) in [5.41, 5.74) is 0.199. The van der Waals surface area contributed by atoms with Crippen LogP contribution in [-0.2, 0) is 14.9 Å². The highest BCUT2D eigenvalue weighted by Gasteiger charge is 2.20. The minimum absolute atomic E-state index is 0.0438. The molecule has 0 aliphatic carbocycles. The lowest BCUT2D eigenvalue weighted by atomic mass is 10.2. The number of carbonyl (C=O) groups excluding carboxylic acids is 1. The summed E-state index contributed by atoms with van der Waals surface area (Å²) in [7, 11) is -4.65. The van der Waals surface area contributed by atoms with Crippen LogP contribution in [0.15, 0.2) is 35.2 Å². The lowest BCUT2D eigenvalue weighted by molar-refractivity contribution is 0.0449. The van der Waals surface area contributed by atoms with E-state index in [1.165, 1.54) is 18.2 Å². The zero-order valence-electron chi connectivity index (χ0n) is 12.7. The van der Waals surface area contributed by atoms with Gasteiger partial charge in [0.15, 0.2) is 0 Å². The Balaban J connectivity index is 2.04. The summed E-state index contributed by atoms with van der Waals surface area (Å²) in [5.74, 6) is -0.862. The molecule has 0 amide bonds. The number of hydrogen-bond acceptors (Lipinski definition) is 6. The largest absolute Gasteiger partial charge is 0.744 e. The number of halogens is 4. The quantitative estimate of drug-likeness (QED) is 0.196. The third-order valence-corrected chi connectivity index (χ3v) is 7.32. The van der Waals surface area contributed by atoms with Gasteiger partial charge in [0.25, 0.3) is 0 Å². The summed E-state index contributed by atoms with van der Waals surface area (Å²) in [4.78, 5) is 11.5. The van der Waals surface area contributed by atoms with E-state index >= 15 is 0 Å². The van der Waals surface area contributed by atoms with Gasteiger partial charge < -0.3 is 14.0 Å². The summed E-state index contributed by atoms with van der Waals surface area (Å²) >= 11 is 5.47. The van der Waals surface area contributed by atoms with Gasteiger partial charge in [0.2, 0.25) is 0 Å². The number of hydrogen-bond donors (Lipinski definition) is 0. The summed E-state index contributed by atoms with van der Waals surface area (Å²) in [6.45, 7) is -0.147. The lowest BCUT2D eigenvalue weighted by Gasteiger charge is -2.17. The molecule has 0 atom stereocenters. The topological polar surface area (TPSA) is 92.7 Å². The molecule has 2 rings (SSSR count). The van der Waals surface area contributed by atoms with Crippen molar-refractivity contribution in [2.24, 2.45) is 0 Å². The first kappa shape index (κ1) is 22.0. The van der Waals surface area contributed by atoms with Crippen molar-refractivity contribution in [1.29, 1.82) is 0 Å². The number of rotatable bonds is 6. The molecule has 11 heteroatoms. The van der Waals surface area contributed by atoms with E-state index in [2.05, 4.69) is 0 Å². The molecule has 140 valence electrons. The maximum Gasteiger partial charge on any atom is 0.338 e. The van der Waals surface area contributed by atoms with E-state index < -0.39 is 21.9 Å². The highest BCUT2D eigenvalue weighted by molar-refractivity contribution is 14.1. The second-order valence-electron chi connectivity index (χ2n) is 4.76. The van der Waals surface area contributed by atoms with Gasteiger partial charge in [-0.1, -0.05) is 0 Å². The fourth-order valence-corrected chi connectivity index (χ4v) is 7.77. The number of esters is 1. The molecule has 6 nitrogen and oxygen atoms in total.